The molecule has 1 aliphatic heterocycles. The Kier molecular flexibility index (Phi) is 7.25. The van der Waals surface area contributed by atoms with Crippen LogP contribution in [0.1, 0.15) is 41.0 Å². The Balaban J connectivity index is 0.000000384. The first kappa shape index (κ1) is 25.5. The van der Waals surface area contributed by atoms with Gasteiger partial charge in [0.1, 0.15) is 17.1 Å². The zero-order valence-corrected chi connectivity index (χ0v) is 20.5. The molecule has 8 heteroatoms. The number of hydrogen-bond acceptors (Lipinski definition) is 6. The Labute approximate surface area is 209 Å². The van der Waals surface area contributed by atoms with E-state index in [4.69, 9.17) is 9.47 Å². The monoisotopic (exact) mass is 493 g/mol. The van der Waals surface area contributed by atoms with E-state index >= 15 is 0 Å². The number of pyridine rings is 1. The van der Waals surface area contributed by atoms with Crippen LogP contribution in [0.4, 0.5) is 8.78 Å². The fourth-order valence-electron chi connectivity index (χ4n) is 5.39. The Bertz CT molecular complexity index is 1230. The summed E-state index contributed by atoms with van der Waals surface area (Å²) >= 11 is 0. The van der Waals surface area contributed by atoms with Crippen LogP contribution in [-0.4, -0.2) is 49.2 Å². The number of benzene rings is 2. The van der Waals surface area contributed by atoms with E-state index in [0.717, 1.165) is 17.5 Å². The van der Waals surface area contributed by atoms with Gasteiger partial charge in [0.2, 0.25) is 0 Å². The van der Waals surface area contributed by atoms with Crippen LogP contribution in [0, 0.1) is 11.3 Å². The third-order valence-electron chi connectivity index (χ3n) is 6.83. The number of methoxy groups -OCH3 is 1. The molecule has 0 amide bonds. The minimum atomic E-state index is -2.20. The molecule has 0 radical (unpaired) electrons. The maximum Gasteiger partial charge on any atom is 0.251 e. The highest BCUT2D eigenvalue weighted by atomic mass is 19.3. The van der Waals surface area contributed by atoms with Gasteiger partial charge >= 0.3 is 0 Å². The van der Waals surface area contributed by atoms with Crippen LogP contribution in [0.5, 0.6) is 11.5 Å². The number of halogens is 2. The highest BCUT2D eigenvalue weighted by molar-refractivity contribution is 5.57. The number of fused-ring (bicyclic) bond motifs is 3. The molecule has 36 heavy (non-hydrogen) atoms. The summed E-state index contributed by atoms with van der Waals surface area (Å²) in [5, 5.41) is 21.4. The topological polar surface area (TPSA) is 78.6 Å². The lowest BCUT2D eigenvalue weighted by atomic mass is 9.71. The van der Waals surface area contributed by atoms with Gasteiger partial charge in [0.05, 0.1) is 43.2 Å². The molecule has 5 rings (SSSR count). The Hall–Kier alpha value is -3.54. The number of hydrogen-bond donors (Lipinski definition) is 1. The quantitative estimate of drug-likeness (QED) is 0.549. The predicted molar refractivity (Wildman–Crippen MR) is 131 cm³/mol. The number of alkyl halides is 2. The van der Waals surface area contributed by atoms with E-state index in [9.17, 15) is 19.1 Å². The van der Waals surface area contributed by atoms with E-state index in [0.29, 0.717) is 29.0 Å². The Morgan fingerprint density at radius 1 is 1.17 bits per heavy atom. The Morgan fingerprint density at radius 3 is 2.42 bits per heavy atom. The van der Waals surface area contributed by atoms with Crippen molar-refractivity contribution in [2.75, 3.05) is 27.7 Å². The van der Waals surface area contributed by atoms with Crippen molar-refractivity contribution in [3.63, 3.8) is 0 Å². The third-order valence-corrected chi connectivity index (χ3v) is 6.83. The van der Waals surface area contributed by atoms with Crippen LogP contribution < -0.4 is 9.47 Å². The molecule has 3 atom stereocenters. The Morgan fingerprint density at radius 2 is 1.86 bits per heavy atom. The molecule has 2 aromatic carbocycles. The van der Waals surface area contributed by atoms with Gasteiger partial charge in [0.25, 0.3) is 6.43 Å². The van der Waals surface area contributed by atoms with Crippen LogP contribution >= 0.6 is 0 Å². The number of ether oxygens (including phenoxy) is 2. The van der Waals surface area contributed by atoms with Crippen molar-refractivity contribution in [1.29, 1.82) is 5.26 Å². The number of nitriles is 1. The van der Waals surface area contributed by atoms with E-state index in [1.807, 2.05) is 30.3 Å². The number of aromatic nitrogens is 1. The maximum absolute atomic E-state index is 12.2. The summed E-state index contributed by atoms with van der Waals surface area (Å²) in [6.07, 6.45) is 2.34. The smallest absolute Gasteiger partial charge is 0.251 e. The van der Waals surface area contributed by atoms with E-state index in [1.54, 1.807) is 45.7 Å². The fourth-order valence-corrected chi connectivity index (χ4v) is 5.39. The molecule has 3 aromatic rings. The fraction of sp³-hybridized carbons (Fsp3) is 0.357. The van der Waals surface area contributed by atoms with Crippen LogP contribution in [0.2, 0.25) is 0 Å². The summed E-state index contributed by atoms with van der Waals surface area (Å²) in [6, 6.07) is 19.6. The molecule has 1 N–H and O–H groups in total. The average Bonchev–Trinajstić information content (AvgIpc) is 3.31. The molecule has 0 bridgehead atoms. The predicted octanol–water partition coefficient (Wildman–Crippen LogP) is 4.83. The summed E-state index contributed by atoms with van der Waals surface area (Å²) in [5.74, 6) is 0.991. The molecule has 3 unspecified atom stereocenters. The lowest BCUT2D eigenvalue weighted by Gasteiger charge is -2.40. The van der Waals surface area contributed by atoms with Crippen molar-refractivity contribution in [2.24, 2.45) is 0 Å². The van der Waals surface area contributed by atoms with Gasteiger partial charge in [-0.2, -0.15) is 5.26 Å². The molecule has 0 saturated heterocycles. The van der Waals surface area contributed by atoms with Gasteiger partial charge in [0.15, 0.2) is 5.60 Å². The van der Waals surface area contributed by atoms with Crippen LogP contribution in [0.15, 0.2) is 67.0 Å². The number of nitrogens with zero attached hydrogens (tertiary/aromatic N) is 3. The highest BCUT2D eigenvalue weighted by Gasteiger charge is 2.69. The van der Waals surface area contributed by atoms with E-state index in [2.05, 4.69) is 23.2 Å². The zero-order chi connectivity index (χ0) is 25.9. The summed E-state index contributed by atoms with van der Waals surface area (Å²) in [4.78, 5) is 5.68. The molecular formula is C28H29F2N3O3. The summed E-state index contributed by atoms with van der Waals surface area (Å²) in [6.45, 7) is -0.139. The first-order chi connectivity index (χ1) is 17.3. The second-order valence-corrected chi connectivity index (χ2v) is 9.26. The molecule has 188 valence electrons. The van der Waals surface area contributed by atoms with Gasteiger partial charge in [-0.15, -0.1) is 0 Å². The second-order valence-electron chi connectivity index (χ2n) is 9.26. The first-order valence-electron chi connectivity index (χ1n) is 11.7. The molecule has 1 saturated carbocycles. The highest BCUT2D eigenvalue weighted by Crippen LogP contribution is 2.67. The lowest BCUT2D eigenvalue weighted by molar-refractivity contribution is -0.106. The lowest BCUT2D eigenvalue weighted by Crippen LogP contribution is -2.48. The molecule has 6 nitrogen and oxygen atoms in total. The van der Waals surface area contributed by atoms with E-state index < -0.39 is 17.6 Å². The molecular weight excluding hydrogens is 464 g/mol. The van der Waals surface area contributed by atoms with Crippen molar-refractivity contribution in [2.45, 2.75) is 36.4 Å². The van der Waals surface area contributed by atoms with Crippen molar-refractivity contribution in [1.82, 2.24) is 9.88 Å². The summed E-state index contributed by atoms with van der Waals surface area (Å²) in [5.41, 5.74) is 0.860. The SMILES string of the molecule is CN(C)CC(F)F.COc1cncc2c1C1(O)CCC(c3ccccc3)C1(c1ccc(C#N)cc1)O2. The standard InChI is InChI=1S/C24H20N2O3.C4H9F2N/c1-28-20-14-26-15-21-22(20)23(27)12-11-19(17-5-3-2-4-6-17)24(23,29-21)18-9-7-16(13-25)8-10-18;1-7(2)3-4(5)6/h2-10,14-15,19,27H,11-12H2,1H3;4H,3H2,1-2H3. The minimum Gasteiger partial charge on any atom is -0.495 e. The van der Waals surface area contributed by atoms with Crippen molar-refractivity contribution < 1.29 is 23.4 Å². The molecule has 1 aromatic heterocycles. The molecule has 2 aliphatic rings. The van der Waals surface area contributed by atoms with E-state index in [1.165, 1.54) is 4.90 Å². The second kappa shape index (κ2) is 10.2. The normalized spacial score (nSPS) is 23.8. The van der Waals surface area contributed by atoms with E-state index in [-0.39, 0.29) is 12.5 Å². The molecule has 1 aliphatic carbocycles. The van der Waals surface area contributed by atoms with Gasteiger partial charge < -0.3 is 19.5 Å². The van der Waals surface area contributed by atoms with Gasteiger partial charge in [0, 0.05) is 5.92 Å². The van der Waals surface area contributed by atoms with Crippen molar-refractivity contribution in [3.05, 3.63) is 89.2 Å². The largest absolute Gasteiger partial charge is 0.495 e. The minimum absolute atomic E-state index is 0.0706. The molecule has 2 heterocycles. The van der Waals surface area contributed by atoms with Crippen LogP contribution in [-0.2, 0) is 11.2 Å². The number of rotatable bonds is 5. The van der Waals surface area contributed by atoms with Gasteiger partial charge in [-0.05, 0) is 50.2 Å². The number of aliphatic hydroxyl groups is 1. The summed E-state index contributed by atoms with van der Waals surface area (Å²) < 4.78 is 34.6. The maximum atomic E-state index is 12.2. The van der Waals surface area contributed by atoms with Gasteiger partial charge in [-0.3, -0.25) is 4.98 Å². The van der Waals surface area contributed by atoms with Crippen molar-refractivity contribution >= 4 is 0 Å². The van der Waals surface area contributed by atoms with Crippen molar-refractivity contribution in [3.8, 4) is 17.6 Å². The van der Waals surface area contributed by atoms with Gasteiger partial charge in [-0.1, -0.05) is 42.5 Å². The molecule has 1 fully saturated rings. The molecule has 0 spiro atoms. The van der Waals surface area contributed by atoms with Crippen LogP contribution in [0.25, 0.3) is 0 Å². The average molecular weight is 494 g/mol. The third kappa shape index (κ3) is 4.29. The first-order valence-corrected chi connectivity index (χ1v) is 11.7. The summed E-state index contributed by atoms with van der Waals surface area (Å²) in [7, 11) is 4.81. The zero-order valence-electron chi connectivity index (χ0n) is 20.5. The van der Waals surface area contributed by atoms with Crippen LogP contribution in [0.3, 0.4) is 0 Å². The van der Waals surface area contributed by atoms with Gasteiger partial charge in [-0.25, -0.2) is 8.78 Å².